The van der Waals surface area contributed by atoms with Gasteiger partial charge in [-0.15, -0.1) is 0 Å². The fourth-order valence-corrected chi connectivity index (χ4v) is 2.44. The molecule has 14 heavy (non-hydrogen) atoms. The SMILES string of the molecule is Brc1ccccc1.C1=CC2CCC1C2. The van der Waals surface area contributed by atoms with Crippen LogP contribution in [0.2, 0.25) is 0 Å². The molecule has 1 aromatic rings. The predicted octanol–water partition coefficient (Wildman–Crippen LogP) is 4.42. The summed E-state index contributed by atoms with van der Waals surface area (Å²) in [7, 11) is 0. The molecule has 2 aliphatic rings. The molecular weight excluding hydrogens is 236 g/mol. The van der Waals surface area contributed by atoms with Crippen LogP contribution in [0.4, 0.5) is 0 Å². The van der Waals surface area contributed by atoms with E-state index >= 15 is 0 Å². The van der Waals surface area contributed by atoms with Crippen molar-refractivity contribution in [3.05, 3.63) is 47.0 Å². The Labute approximate surface area is 94.2 Å². The van der Waals surface area contributed by atoms with E-state index in [2.05, 4.69) is 28.1 Å². The molecule has 0 spiro atoms. The van der Waals surface area contributed by atoms with Crippen LogP contribution in [0.25, 0.3) is 0 Å². The zero-order chi connectivity index (χ0) is 9.80. The summed E-state index contributed by atoms with van der Waals surface area (Å²) < 4.78 is 1.13. The van der Waals surface area contributed by atoms with E-state index in [-0.39, 0.29) is 0 Å². The van der Waals surface area contributed by atoms with Crippen LogP contribution in [0.3, 0.4) is 0 Å². The Morgan fingerprint density at radius 3 is 1.71 bits per heavy atom. The molecule has 74 valence electrons. The number of benzene rings is 1. The molecule has 0 amide bonds. The van der Waals surface area contributed by atoms with E-state index in [1.54, 1.807) is 0 Å². The van der Waals surface area contributed by atoms with Gasteiger partial charge in [0.05, 0.1) is 0 Å². The number of fused-ring (bicyclic) bond motifs is 2. The van der Waals surface area contributed by atoms with E-state index in [1.807, 2.05) is 30.3 Å². The molecule has 1 saturated carbocycles. The van der Waals surface area contributed by atoms with E-state index in [9.17, 15) is 0 Å². The number of allylic oxidation sites excluding steroid dienone is 2. The van der Waals surface area contributed by atoms with E-state index in [0.717, 1.165) is 16.3 Å². The molecule has 2 atom stereocenters. The van der Waals surface area contributed by atoms with Crippen molar-refractivity contribution in [3.63, 3.8) is 0 Å². The van der Waals surface area contributed by atoms with Crippen LogP contribution < -0.4 is 0 Å². The highest BCUT2D eigenvalue weighted by molar-refractivity contribution is 9.10. The maximum Gasteiger partial charge on any atom is 0.0175 e. The topological polar surface area (TPSA) is 0 Å². The average molecular weight is 251 g/mol. The van der Waals surface area contributed by atoms with E-state index < -0.39 is 0 Å². The van der Waals surface area contributed by atoms with Gasteiger partial charge < -0.3 is 0 Å². The lowest BCUT2D eigenvalue weighted by Gasteiger charge is -1.96. The lowest BCUT2D eigenvalue weighted by atomic mass is 10.1. The first-order chi connectivity index (χ1) is 6.84. The van der Waals surface area contributed by atoms with Crippen LogP contribution in [-0.4, -0.2) is 0 Å². The largest absolute Gasteiger partial charge is 0.0851 e. The molecule has 0 nitrogen and oxygen atoms in total. The first kappa shape index (κ1) is 9.97. The summed E-state index contributed by atoms with van der Waals surface area (Å²) in [6.07, 6.45) is 9.19. The molecule has 0 aromatic heterocycles. The minimum absolute atomic E-state index is 0.991. The normalized spacial score (nSPS) is 27.2. The molecule has 0 N–H and O–H groups in total. The van der Waals surface area contributed by atoms with Gasteiger partial charge in [0.25, 0.3) is 0 Å². The second-order valence-corrected chi connectivity index (χ2v) is 4.93. The number of hydrogen-bond acceptors (Lipinski definition) is 0. The third-order valence-corrected chi connectivity index (χ3v) is 3.43. The summed E-state index contributed by atoms with van der Waals surface area (Å²) in [6.45, 7) is 0. The van der Waals surface area contributed by atoms with Gasteiger partial charge in [0, 0.05) is 4.47 Å². The van der Waals surface area contributed by atoms with Gasteiger partial charge in [0.1, 0.15) is 0 Å². The Bertz CT molecular complexity index is 290. The molecule has 1 heteroatoms. The Morgan fingerprint density at radius 1 is 0.929 bits per heavy atom. The standard InChI is InChI=1S/C7H10.C6H5Br/c1-2-7-4-3-6(1)5-7;7-6-4-2-1-3-5-6/h1-2,6-7H,3-5H2;1-5H. The van der Waals surface area contributed by atoms with Gasteiger partial charge in [0.2, 0.25) is 0 Å². The van der Waals surface area contributed by atoms with Crippen LogP contribution in [-0.2, 0) is 0 Å². The van der Waals surface area contributed by atoms with E-state index in [0.29, 0.717) is 0 Å². The van der Waals surface area contributed by atoms with Crippen LogP contribution >= 0.6 is 15.9 Å². The van der Waals surface area contributed by atoms with Crippen LogP contribution in [0.1, 0.15) is 19.3 Å². The highest BCUT2D eigenvalue weighted by Gasteiger charge is 2.25. The summed E-state index contributed by atoms with van der Waals surface area (Å²) in [4.78, 5) is 0. The third-order valence-electron chi connectivity index (χ3n) is 2.90. The Kier molecular flexibility index (Phi) is 3.41. The van der Waals surface area contributed by atoms with Gasteiger partial charge in [-0.25, -0.2) is 0 Å². The van der Waals surface area contributed by atoms with E-state index in [1.165, 1.54) is 19.3 Å². The van der Waals surface area contributed by atoms with Gasteiger partial charge in [-0.2, -0.15) is 0 Å². The number of rotatable bonds is 0. The zero-order valence-corrected chi connectivity index (χ0v) is 9.78. The van der Waals surface area contributed by atoms with Crippen molar-refractivity contribution in [1.29, 1.82) is 0 Å². The third kappa shape index (κ3) is 2.71. The highest BCUT2D eigenvalue weighted by Crippen LogP contribution is 2.38. The molecule has 2 unspecified atom stereocenters. The zero-order valence-electron chi connectivity index (χ0n) is 8.20. The fourth-order valence-electron chi connectivity index (χ4n) is 2.13. The average Bonchev–Trinajstić information content (AvgIpc) is 2.83. The van der Waals surface area contributed by atoms with Crippen LogP contribution in [0, 0.1) is 11.8 Å². The maximum absolute atomic E-state index is 3.31. The molecule has 2 aliphatic carbocycles. The Morgan fingerprint density at radius 2 is 1.50 bits per heavy atom. The van der Waals surface area contributed by atoms with Gasteiger partial charge in [0.15, 0.2) is 0 Å². The van der Waals surface area contributed by atoms with Crippen LogP contribution in [0.5, 0.6) is 0 Å². The summed E-state index contributed by atoms with van der Waals surface area (Å²) in [5.41, 5.74) is 0. The van der Waals surface area contributed by atoms with Crippen molar-refractivity contribution in [2.24, 2.45) is 11.8 Å². The Hall–Kier alpha value is -0.560. The first-order valence-electron chi connectivity index (χ1n) is 5.23. The predicted molar refractivity (Wildman–Crippen MR) is 64.1 cm³/mol. The second-order valence-electron chi connectivity index (χ2n) is 4.01. The number of halogens is 1. The lowest BCUT2D eigenvalue weighted by Crippen LogP contribution is -1.82. The van der Waals surface area contributed by atoms with Gasteiger partial charge >= 0.3 is 0 Å². The van der Waals surface area contributed by atoms with Crippen LogP contribution in [0.15, 0.2) is 47.0 Å². The molecule has 3 rings (SSSR count). The smallest absolute Gasteiger partial charge is 0.0175 e. The molecule has 0 heterocycles. The van der Waals surface area contributed by atoms with Crippen molar-refractivity contribution in [3.8, 4) is 0 Å². The van der Waals surface area contributed by atoms with Crippen molar-refractivity contribution in [2.75, 3.05) is 0 Å². The molecule has 0 saturated heterocycles. The number of hydrogen-bond donors (Lipinski definition) is 0. The lowest BCUT2D eigenvalue weighted by molar-refractivity contribution is 0.691. The van der Waals surface area contributed by atoms with Gasteiger partial charge in [-0.05, 0) is 43.2 Å². The molecule has 0 radical (unpaired) electrons. The van der Waals surface area contributed by atoms with Gasteiger partial charge in [-0.3, -0.25) is 0 Å². The van der Waals surface area contributed by atoms with Crippen molar-refractivity contribution >= 4 is 15.9 Å². The summed E-state index contributed by atoms with van der Waals surface area (Å²) in [6, 6.07) is 9.97. The monoisotopic (exact) mass is 250 g/mol. The maximum atomic E-state index is 3.31. The Balaban J connectivity index is 0.000000107. The van der Waals surface area contributed by atoms with Gasteiger partial charge in [-0.1, -0.05) is 46.3 Å². The van der Waals surface area contributed by atoms with E-state index in [4.69, 9.17) is 0 Å². The molecule has 1 fully saturated rings. The summed E-state index contributed by atoms with van der Waals surface area (Å²) >= 11 is 3.31. The highest BCUT2D eigenvalue weighted by atomic mass is 79.9. The fraction of sp³-hybridized carbons (Fsp3) is 0.385. The molecule has 1 aromatic carbocycles. The first-order valence-corrected chi connectivity index (χ1v) is 6.03. The minimum atomic E-state index is 0.991. The summed E-state index contributed by atoms with van der Waals surface area (Å²) in [5.74, 6) is 1.98. The molecular formula is C13H15Br. The second kappa shape index (κ2) is 4.79. The minimum Gasteiger partial charge on any atom is -0.0851 e. The quantitative estimate of drug-likeness (QED) is 0.598. The van der Waals surface area contributed by atoms with Crippen molar-refractivity contribution in [2.45, 2.75) is 19.3 Å². The summed E-state index contributed by atoms with van der Waals surface area (Å²) in [5, 5.41) is 0. The van der Waals surface area contributed by atoms with Crippen molar-refractivity contribution in [1.82, 2.24) is 0 Å². The molecule has 2 bridgehead atoms. The molecule has 0 aliphatic heterocycles. The van der Waals surface area contributed by atoms with Crippen molar-refractivity contribution < 1.29 is 0 Å².